The van der Waals surface area contributed by atoms with Crippen LogP contribution >= 0.6 is 0 Å². The Morgan fingerprint density at radius 3 is 1.93 bits per heavy atom. The zero-order chi connectivity index (χ0) is 21.2. The van der Waals surface area contributed by atoms with Crippen molar-refractivity contribution in [2.24, 2.45) is 0 Å². The smallest absolute Gasteiger partial charge is 0.311 e. The molecule has 0 saturated carbocycles. The van der Waals surface area contributed by atoms with Crippen LogP contribution in [0, 0.1) is 0 Å². The van der Waals surface area contributed by atoms with Crippen LogP contribution in [0.1, 0.15) is 101 Å². The van der Waals surface area contributed by atoms with Gasteiger partial charge in [0.25, 0.3) is 0 Å². The molecule has 0 fully saturated rings. The number of benzene rings is 1. The summed E-state index contributed by atoms with van der Waals surface area (Å²) in [6.07, 6.45) is 13.2. The molecule has 1 aromatic carbocycles. The van der Waals surface area contributed by atoms with Gasteiger partial charge < -0.3 is 9.47 Å². The van der Waals surface area contributed by atoms with Gasteiger partial charge in [-0.3, -0.25) is 14.4 Å². The Labute approximate surface area is 175 Å². The molecule has 0 bridgehead atoms. The monoisotopic (exact) mass is 404 g/mol. The van der Waals surface area contributed by atoms with E-state index in [0.717, 1.165) is 57.7 Å². The second-order valence-corrected chi connectivity index (χ2v) is 7.42. The molecule has 0 unspecified atom stereocenters. The maximum absolute atomic E-state index is 11.8. The van der Waals surface area contributed by atoms with Crippen LogP contribution in [-0.4, -0.2) is 24.8 Å². The molecule has 0 spiro atoms. The van der Waals surface area contributed by atoms with Gasteiger partial charge in [-0.15, -0.1) is 0 Å². The van der Waals surface area contributed by atoms with Gasteiger partial charge in [0, 0.05) is 18.4 Å². The van der Waals surface area contributed by atoms with E-state index in [2.05, 4.69) is 6.92 Å². The van der Waals surface area contributed by atoms with E-state index in [1.807, 2.05) is 0 Å². The minimum Gasteiger partial charge on any atom is -0.466 e. The van der Waals surface area contributed by atoms with E-state index < -0.39 is 0 Å². The van der Waals surface area contributed by atoms with Gasteiger partial charge in [-0.1, -0.05) is 58.3 Å². The molecule has 162 valence electrons. The summed E-state index contributed by atoms with van der Waals surface area (Å²) in [5.74, 6) is 0.138. The molecular weight excluding hydrogens is 368 g/mol. The third-order valence-electron chi connectivity index (χ3n) is 4.77. The molecule has 0 N–H and O–H groups in total. The van der Waals surface area contributed by atoms with Crippen LogP contribution in [0.4, 0.5) is 0 Å². The molecule has 0 aliphatic heterocycles. The minimum atomic E-state index is -0.249. The normalized spacial score (nSPS) is 10.5. The minimum absolute atomic E-state index is 0.0792. The molecule has 29 heavy (non-hydrogen) atoms. The topological polar surface area (TPSA) is 69.7 Å². The maximum Gasteiger partial charge on any atom is 0.311 e. The van der Waals surface area contributed by atoms with E-state index in [-0.39, 0.29) is 11.9 Å². The van der Waals surface area contributed by atoms with E-state index >= 15 is 0 Å². The van der Waals surface area contributed by atoms with Gasteiger partial charge in [-0.05, 0) is 43.5 Å². The standard InChI is InChI=1S/C24H36O5/c1-2-3-4-9-12-19-28-23(26)13-10-7-5-6-8-11-14-24(27)29-22-17-15-21(20-25)16-18-22/h15-18,20H,2-14,19H2,1H3. The summed E-state index contributed by atoms with van der Waals surface area (Å²) in [5, 5.41) is 0. The zero-order valence-corrected chi connectivity index (χ0v) is 17.8. The van der Waals surface area contributed by atoms with Crippen molar-refractivity contribution >= 4 is 18.2 Å². The molecule has 0 saturated heterocycles. The van der Waals surface area contributed by atoms with Crippen molar-refractivity contribution in [1.29, 1.82) is 0 Å². The summed E-state index contributed by atoms with van der Waals surface area (Å²) in [4.78, 5) is 34.0. The van der Waals surface area contributed by atoms with Crippen molar-refractivity contribution < 1.29 is 23.9 Å². The summed E-state index contributed by atoms with van der Waals surface area (Å²) >= 11 is 0. The highest BCUT2D eigenvalue weighted by Gasteiger charge is 2.05. The van der Waals surface area contributed by atoms with Gasteiger partial charge in [-0.25, -0.2) is 0 Å². The second kappa shape index (κ2) is 16.8. The lowest BCUT2D eigenvalue weighted by atomic mass is 10.1. The summed E-state index contributed by atoms with van der Waals surface area (Å²) in [7, 11) is 0. The van der Waals surface area contributed by atoms with Crippen LogP contribution in [0.2, 0.25) is 0 Å². The first-order valence-corrected chi connectivity index (χ1v) is 11.1. The van der Waals surface area contributed by atoms with Crippen LogP contribution in [0.25, 0.3) is 0 Å². The Kier molecular flexibility index (Phi) is 14.4. The number of carbonyl (C=O) groups excluding carboxylic acids is 3. The fourth-order valence-electron chi connectivity index (χ4n) is 3.01. The largest absolute Gasteiger partial charge is 0.466 e. The summed E-state index contributed by atoms with van der Waals surface area (Å²) in [6.45, 7) is 2.74. The molecule has 0 aromatic heterocycles. The van der Waals surface area contributed by atoms with Crippen LogP contribution in [-0.2, 0) is 14.3 Å². The number of carbonyl (C=O) groups is 3. The quantitative estimate of drug-likeness (QED) is 0.137. The first kappa shape index (κ1) is 24.9. The van der Waals surface area contributed by atoms with E-state index in [4.69, 9.17) is 9.47 Å². The molecule has 5 nitrogen and oxygen atoms in total. The van der Waals surface area contributed by atoms with Crippen molar-refractivity contribution in [1.82, 2.24) is 0 Å². The highest BCUT2D eigenvalue weighted by Crippen LogP contribution is 2.14. The first-order chi connectivity index (χ1) is 14.2. The molecular formula is C24H36O5. The molecule has 0 amide bonds. The predicted molar refractivity (Wildman–Crippen MR) is 114 cm³/mol. The molecule has 0 aliphatic carbocycles. The zero-order valence-electron chi connectivity index (χ0n) is 17.8. The first-order valence-electron chi connectivity index (χ1n) is 11.1. The number of unbranched alkanes of at least 4 members (excludes halogenated alkanes) is 9. The number of aldehydes is 1. The number of rotatable bonds is 17. The fraction of sp³-hybridized carbons (Fsp3) is 0.625. The van der Waals surface area contributed by atoms with Crippen LogP contribution < -0.4 is 4.74 Å². The van der Waals surface area contributed by atoms with Crippen LogP contribution in [0.3, 0.4) is 0 Å². The summed E-state index contributed by atoms with van der Waals surface area (Å²) < 4.78 is 10.5. The van der Waals surface area contributed by atoms with Crippen molar-refractivity contribution in [3.05, 3.63) is 29.8 Å². The van der Waals surface area contributed by atoms with Gasteiger partial charge in [-0.2, -0.15) is 0 Å². The Morgan fingerprint density at radius 1 is 0.759 bits per heavy atom. The second-order valence-electron chi connectivity index (χ2n) is 7.42. The molecule has 1 aromatic rings. The van der Waals surface area contributed by atoms with Gasteiger partial charge in [0.1, 0.15) is 12.0 Å². The average Bonchev–Trinajstić information content (AvgIpc) is 2.73. The molecule has 0 aliphatic rings. The van der Waals surface area contributed by atoms with Crippen LogP contribution in [0.5, 0.6) is 5.75 Å². The lowest BCUT2D eigenvalue weighted by Crippen LogP contribution is -2.07. The van der Waals surface area contributed by atoms with Crippen molar-refractivity contribution in [2.75, 3.05) is 6.61 Å². The highest BCUT2D eigenvalue weighted by molar-refractivity contribution is 5.76. The third-order valence-corrected chi connectivity index (χ3v) is 4.77. The molecule has 0 atom stereocenters. The number of esters is 2. The maximum atomic E-state index is 11.8. The number of hydrogen-bond donors (Lipinski definition) is 0. The van der Waals surface area contributed by atoms with Gasteiger partial charge >= 0.3 is 11.9 Å². The lowest BCUT2D eigenvalue weighted by Gasteiger charge is -2.05. The Balaban J connectivity index is 1.91. The highest BCUT2D eigenvalue weighted by atomic mass is 16.5. The van der Waals surface area contributed by atoms with Crippen molar-refractivity contribution in [2.45, 2.75) is 90.4 Å². The predicted octanol–water partition coefficient (Wildman–Crippen LogP) is 6.04. The molecule has 0 heterocycles. The molecule has 1 rings (SSSR count). The van der Waals surface area contributed by atoms with Crippen molar-refractivity contribution in [3.8, 4) is 5.75 Å². The van der Waals surface area contributed by atoms with Crippen LogP contribution in [0.15, 0.2) is 24.3 Å². The lowest BCUT2D eigenvalue weighted by molar-refractivity contribution is -0.144. The third kappa shape index (κ3) is 13.6. The van der Waals surface area contributed by atoms with Gasteiger partial charge in [0.15, 0.2) is 0 Å². The SMILES string of the molecule is CCCCCCCOC(=O)CCCCCCCCC(=O)Oc1ccc(C=O)cc1. The molecule has 5 heteroatoms. The van der Waals surface area contributed by atoms with E-state index in [9.17, 15) is 14.4 Å². The van der Waals surface area contributed by atoms with Crippen molar-refractivity contribution in [3.63, 3.8) is 0 Å². The van der Waals surface area contributed by atoms with E-state index in [1.165, 1.54) is 19.3 Å². The number of hydrogen-bond acceptors (Lipinski definition) is 5. The Morgan fingerprint density at radius 2 is 1.31 bits per heavy atom. The average molecular weight is 405 g/mol. The van der Waals surface area contributed by atoms with E-state index in [1.54, 1.807) is 24.3 Å². The Bertz CT molecular complexity index is 579. The van der Waals surface area contributed by atoms with E-state index in [0.29, 0.717) is 30.8 Å². The number of ether oxygens (including phenoxy) is 2. The Hall–Kier alpha value is -2.17. The van der Waals surface area contributed by atoms with Gasteiger partial charge in [0.05, 0.1) is 6.61 Å². The molecule has 0 radical (unpaired) electrons. The van der Waals surface area contributed by atoms with Gasteiger partial charge in [0.2, 0.25) is 0 Å². The fourth-order valence-corrected chi connectivity index (χ4v) is 3.01. The summed E-state index contributed by atoms with van der Waals surface area (Å²) in [5.41, 5.74) is 0.556. The summed E-state index contributed by atoms with van der Waals surface area (Å²) in [6, 6.07) is 6.50.